The van der Waals surface area contributed by atoms with Crippen LogP contribution in [0.1, 0.15) is 18.9 Å². The van der Waals surface area contributed by atoms with Gasteiger partial charge in [-0.05, 0) is 23.3 Å². The van der Waals surface area contributed by atoms with Crippen LogP contribution < -0.4 is 5.32 Å². The van der Waals surface area contributed by atoms with Crippen LogP contribution in [0.2, 0.25) is 0 Å². The Morgan fingerprint density at radius 3 is 2.69 bits per heavy atom. The van der Waals surface area contributed by atoms with Gasteiger partial charge in [-0.15, -0.1) is 0 Å². The fraction of sp³-hybridized carbons (Fsp3) is 0.318. The molecule has 2 amide bonds. The molecule has 0 saturated carbocycles. The van der Waals surface area contributed by atoms with E-state index in [9.17, 15) is 9.59 Å². The van der Waals surface area contributed by atoms with E-state index in [1.807, 2.05) is 54.3 Å². The zero-order valence-electron chi connectivity index (χ0n) is 16.4. The van der Waals surface area contributed by atoms with Gasteiger partial charge < -0.3 is 19.9 Å². The Labute approximate surface area is 169 Å². The van der Waals surface area contributed by atoms with Gasteiger partial charge in [-0.1, -0.05) is 43.3 Å². The molecule has 0 unspecified atom stereocenters. The highest BCUT2D eigenvalue weighted by Gasteiger charge is 2.27. The largest absolute Gasteiger partial charge is 0.402 e. The third-order valence-corrected chi connectivity index (χ3v) is 5.07. The van der Waals surface area contributed by atoms with Gasteiger partial charge in [0.2, 0.25) is 5.90 Å². The van der Waals surface area contributed by atoms with Gasteiger partial charge in [0.1, 0.15) is 0 Å². The summed E-state index contributed by atoms with van der Waals surface area (Å²) in [5, 5.41) is 4.96. The van der Waals surface area contributed by atoms with Crippen LogP contribution in [0.4, 0.5) is 4.79 Å². The van der Waals surface area contributed by atoms with Gasteiger partial charge >= 0.3 is 12.0 Å². The van der Waals surface area contributed by atoms with Crippen molar-refractivity contribution in [3.05, 3.63) is 59.9 Å². The lowest BCUT2D eigenvalue weighted by molar-refractivity contribution is -0.130. The van der Waals surface area contributed by atoms with Crippen LogP contribution in [-0.4, -0.2) is 60.4 Å². The van der Waals surface area contributed by atoms with Crippen LogP contribution >= 0.6 is 0 Å². The van der Waals surface area contributed by atoms with Gasteiger partial charge in [0, 0.05) is 44.5 Å². The van der Waals surface area contributed by atoms with Gasteiger partial charge in [-0.25, -0.2) is 14.6 Å². The van der Waals surface area contributed by atoms with Crippen LogP contribution in [-0.2, 0) is 9.53 Å². The number of aliphatic imine (C=N–C) groups is 1. The molecule has 2 heterocycles. The molecule has 1 N–H and O–H groups in total. The average molecular weight is 392 g/mol. The molecule has 7 heteroatoms. The number of rotatable bonds is 4. The molecule has 7 nitrogen and oxygen atoms in total. The number of cyclic esters (lactones) is 1. The first-order valence-corrected chi connectivity index (χ1v) is 9.93. The number of esters is 1. The SMILES string of the molecule is CCCNC(=O)N1CCN(C=C2N=C(c3cccc4ccccc34)OC2=O)CC1. The first-order chi connectivity index (χ1) is 14.2. The summed E-state index contributed by atoms with van der Waals surface area (Å²) in [4.78, 5) is 32.7. The summed E-state index contributed by atoms with van der Waals surface area (Å²) in [6, 6.07) is 13.8. The summed E-state index contributed by atoms with van der Waals surface area (Å²) in [5.41, 5.74) is 1.09. The average Bonchev–Trinajstić information content (AvgIpc) is 3.12. The van der Waals surface area contributed by atoms with Crippen LogP contribution in [0.25, 0.3) is 10.8 Å². The number of hydrogen-bond acceptors (Lipinski definition) is 5. The Morgan fingerprint density at radius 2 is 1.90 bits per heavy atom. The Morgan fingerprint density at radius 1 is 1.14 bits per heavy atom. The van der Waals surface area contributed by atoms with Crippen molar-refractivity contribution in [2.75, 3.05) is 32.7 Å². The normalized spacial score (nSPS) is 18.2. The summed E-state index contributed by atoms with van der Waals surface area (Å²) in [7, 11) is 0. The number of hydrogen-bond donors (Lipinski definition) is 1. The molecular weight excluding hydrogens is 368 g/mol. The molecule has 0 atom stereocenters. The molecule has 1 saturated heterocycles. The lowest BCUT2D eigenvalue weighted by atomic mass is 10.0. The van der Waals surface area contributed by atoms with Crippen LogP contribution in [0, 0.1) is 0 Å². The number of nitrogens with zero attached hydrogens (tertiary/aromatic N) is 3. The molecule has 2 aromatic carbocycles. The maximum Gasteiger partial charge on any atom is 0.365 e. The van der Waals surface area contributed by atoms with E-state index >= 15 is 0 Å². The zero-order valence-corrected chi connectivity index (χ0v) is 16.4. The first-order valence-electron chi connectivity index (χ1n) is 9.93. The summed E-state index contributed by atoms with van der Waals surface area (Å²) in [5.74, 6) is -0.119. The molecule has 0 aromatic heterocycles. The standard InChI is InChI=1S/C22H24N4O3/c1-2-10-23-22(28)26-13-11-25(12-14-26)15-19-21(27)29-20(24-19)18-9-5-7-16-6-3-4-8-17(16)18/h3-9,15H,2,10-14H2,1H3,(H,23,28). The Bertz CT molecular complexity index is 985. The van der Waals surface area contributed by atoms with Crippen LogP contribution in [0.5, 0.6) is 0 Å². The molecule has 0 radical (unpaired) electrons. The van der Waals surface area contributed by atoms with Crippen molar-refractivity contribution in [2.24, 2.45) is 4.99 Å². The van der Waals surface area contributed by atoms with Crippen molar-refractivity contribution in [2.45, 2.75) is 13.3 Å². The topological polar surface area (TPSA) is 74.2 Å². The van der Waals surface area contributed by atoms with Gasteiger partial charge in [0.25, 0.3) is 0 Å². The van der Waals surface area contributed by atoms with E-state index in [1.165, 1.54) is 0 Å². The number of piperazine rings is 1. The summed E-state index contributed by atoms with van der Waals surface area (Å²) >= 11 is 0. The molecule has 0 bridgehead atoms. The van der Waals surface area contributed by atoms with Crippen LogP contribution in [0.3, 0.4) is 0 Å². The fourth-order valence-electron chi connectivity index (χ4n) is 3.50. The highest BCUT2D eigenvalue weighted by atomic mass is 16.6. The lowest BCUT2D eigenvalue weighted by Crippen LogP contribution is -2.50. The minimum atomic E-state index is -0.448. The molecule has 0 aliphatic carbocycles. The summed E-state index contributed by atoms with van der Waals surface area (Å²) in [6.45, 7) is 5.21. The Balaban J connectivity index is 1.47. The molecule has 0 spiro atoms. The monoisotopic (exact) mass is 392 g/mol. The zero-order chi connectivity index (χ0) is 20.2. The minimum absolute atomic E-state index is 0.0318. The molecule has 1 fully saturated rings. The van der Waals surface area contributed by atoms with Gasteiger partial charge in [0.15, 0.2) is 5.70 Å². The van der Waals surface area contributed by atoms with Gasteiger partial charge in [0.05, 0.1) is 0 Å². The van der Waals surface area contributed by atoms with Gasteiger partial charge in [-0.3, -0.25) is 0 Å². The number of carbonyl (C=O) groups excluding carboxylic acids is 2. The van der Waals surface area contributed by atoms with Crippen molar-refractivity contribution >= 4 is 28.7 Å². The van der Waals surface area contributed by atoms with Crippen molar-refractivity contribution in [3.8, 4) is 0 Å². The molecule has 150 valence electrons. The first kappa shape index (κ1) is 19.0. The third kappa shape index (κ3) is 4.08. The van der Waals surface area contributed by atoms with E-state index in [1.54, 1.807) is 11.1 Å². The number of carbonyl (C=O) groups is 2. The summed E-state index contributed by atoms with van der Waals surface area (Å²) < 4.78 is 5.45. The van der Waals surface area contributed by atoms with E-state index in [4.69, 9.17) is 4.74 Å². The maximum absolute atomic E-state index is 12.4. The van der Waals surface area contributed by atoms with Crippen molar-refractivity contribution in [1.82, 2.24) is 15.1 Å². The number of ether oxygens (including phenoxy) is 1. The molecule has 2 aliphatic rings. The van der Waals surface area contributed by atoms with Crippen molar-refractivity contribution < 1.29 is 14.3 Å². The number of fused-ring (bicyclic) bond motifs is 1. The fourth-order valence-corrected chi connectivity index (χ4v) is 3.50. The molecular formula is C22H24N4O3. The van der Waals surface area contributed by atoms with E-state index in [0.29, 0.717) is 38.6 Å². The Kier molecular flexibility index (Phi) is 5.46. The highest BCUT2D eigenvalue weighted by Crippen LogP contribution is 2.24. The van der Waals surface area contributed by atoms with E-state index in [0.717, 1.165) is 22.8 Å². The quantitative estimate of drug-likeness (QED) is 0.641. The number of amides is 2. The van der Waals surface area contributed by atoms with E-state index < -0.39 is 5.97 Å². The molecule has 4 rings (SSSR count). The second kappa shape index (κ2) is 8.34. The molecule has 29 heavy (non-hydrogen) atoms. The maximum atomic E-state index is 12.4. The molecule has 2 aliphatic heterocycles. The van der Waals surface area contributed by atoms with E-state index in [-0.39, 0.29) is 11.7 Å². The Hall–Kier alpha value is -3.35. The van der Waals surface area contributed by atoms with Crippen molar-refractivity contribution in [1.29, 1.82) is 0 Å². The summed E-state index contributed by atoms with van der Waals surface area (Å²) in [6.07, 6.45) is 2.65. The predicted octanol–water partition coefficient (Wildman–Crippen LogP) is 2.72. The van der Waals surface area contributed by atoms with E-state index in [2.05, 4.69) is 10.3 Å². The second-order valence-electron chi connectivity index (χ2n) is 7.10. The van der Waals surface area contributed by atoms with Gasteiger partial charge in [-0.2, -0.15) is 0 Å². The third-order valence-electron chi connectivity index (χ3n) is 5.07. The van der Waals surface area contributed by atoms with Crippen molar-refractivity contribution in [3.63, 3.8) is 0 Å². The lowest BCUT2D eigenvalue weighted by Gasteiger charge is -2.34. The predicted molar refractivity (Wildman–Crippen MR) is 111 cm³/mol. The van der Waals surface area contributed by atoms with Crippen LogP contribution in [0.15, 0.2) is 59.4 Å². The smallest absolute Gasteiger partial charge is 0.365 e. The highest BCUT2D eigenvalue weighted by molar-refractivity contribution is 6.16. The number of benzene rings is 2. The molecule has 2 aromatic rings. The number of urea groups is 1. The number of nitrogens with one attached hydrogen (secondary N) is 1. The second-order valence-corrected chi connectivity index (χ2v) is 7.10. The minimum Gasteiger partial charge on any atom is -0.402 e.